The summed E-state index contributed by atoms with van der Waals surface area (Å²) < 4.78 is 34.7. The fourth-order valence-electron chi connectivity index (χ4n) is 2.19. The first-order chi connectivity index (χ1) is 10.5. The summed E-state index contributed by atoms with van der Waals surface area (Å²) in [5.41, 5.74) is 0.969. The maximum Gasteiger partial charge on any atom is 0.445 e. The lowest BCUT2D eigenvalue weighted by Gasteiger charge is -2.31. The number of rotatable bonds is 10. The SMILES string of the molecule is [B][P+](OCC)(OCC)C(Cc1ccccc1)P(=O)(OC)OC. The topological polar surface area (TPSA) is 54.0 Å². The molecule has 0 N–H and O–H groups in total. The van der Waals surface area contributed by atoms with Crippen molar-refractivity contribution in [2.45, 2.75) is 25.7 Å². The molecule has 0 spiro atoms. The minimum absolute atomic E-state index is 0.364. The minimum Gasteiger partial charge on any atom is -0.309 e. The van der Waals surface area contributed by atoms with Gasteiger partial charge in [0.25, 0.3) is 0 Å². The molecule has 0 aliphatic carbocycles. The molecular formula is C14H24BO5P2+. The molecule has 0 aliphatic rings. The molecule has 2 radical (unpaired) electrons. The molecule has 0 heterocycles. The Hall–Kier alpha value is -0.215. The maximum atomic E-state index is 13.0. The van der Waals surface area contributed by atoms with Gasteiger partial charge in [-0.2, -0.15) is 0 Å². The van der Waals surface area contributed by atoms with E-state index in [2.05, 4.69) is 0 Å². The van der Waals surface area contributed by atoms with Crippen LogP contribution in [0.1, 0.15) is 19.4 Å². The largest absolute Gasteiger partial charge is 0.445 e. The van der Waals surface area contributed by atoms with E-state index >= 15 is 0 Å². The van der Waals surface area contributed by atoms with Crippen LogP contribution >= 0.6 is 15.2 Å². The molecular weight excluding hydrogens is 321 g/mol. The van der Waals surface area contributed by atoms with E-state index in [9.17, 15) is 4.57 Å². The first kappa shape index (κ1) is 19.8. The number of hydrogen-bond acceptors (Lipinski definition) is 5. The van der Waals surface area contributed by atoms with Gasteiger partial charge in [0, 0.05) is 20.6 Å². The van der Waals surface area contributed by atoms with Crippen LogP contribution in [0.25, 0.3) is 0 Å². The van der Waals surface area contributed by atoms with Crippen molar-refractivity contribution in [2.24, 2.45) is 0 Å². The summed E-state index contributed by atoms with van der Waals surface area (Å²) in [6, 6.07) is 9.61. The van der Waals surface area contributed by atoms with Gasteiger partial charge in [0.2, 0.25) is 13.0 Å². The van der Waals surface area contributed by atoms with Crippen molar-refractivity contribution in [1.29, 1.82) is 0 Å². The van der Waals surface area contributed by atoms with Crippen LogP contribution in [-0.2, 0) is 29.1 Å². The van der Waals surface area contributed by atoms with Crippen molar-refractivity contribution in [3.05, 3.63) is 35.9 Å². The third-order valence-electron chi connectivity index (χ3n) is 3.21. The van der Waals surface area contributed by atoms with Gasteiger partial charge in [-0.15, -0.1) is 0 Å². The van der Waals surface area contributed by atoms with Gasteiger partial charge >= 0.3 is 15.2 Å². The van der Waals surface area contributed by atoms with E-state index in [1.807, 2.05) is 44.2 Å². The van der Waals surface area contributed by atoms with Crippen LogP contribution < -0.4 is 0 Å². The Kier molecular flexibility index (Phi) is 8.27. The van der Waals surface area contributed by atoms with Crippen LogP contribution in [-0.4, -0.2) is 40.4 Å². The van der Waals surface area contributed by atoms with Crippen molar-refractivity contribution in [1.82, 2.24) is 0 Å². The summed E-state index contributed by atoms with van der Waals surface area (Å²) in [5, 5.41) is -0.683. The molecule has 122 valence electrons. The zero-order valence-electron chi connectivity index (χ0n) is 13.6. The van der Waals surface area contributed by atoms with Crippen LogP contribution in [0.15, 0.2) is 30.3 Å². The molecule has 0 aromatic heterocycles. The van der Waals surface area contributed by atoms with Gasteiger partial charge in [0.15, 0.2) is 0 Å². The van der Waals surface area contributed by atoms with E-state index in [1.54, 1.807) is 0 Å². The third-order valence-corrected chi connectivity index (χ3v) is 9.29. The van der Waals surface area contributed by atoms with Crippen LogP contribution in [0.5, 0.6) is 0 Å². The van der Waals surface area contributed by atoms with Crippen LogP contribution in [0, 0.1) is 0 Å². The Balaban J connectivity index is 3.22. The molecule has 1 aromatic carbocycles. The molecule has 1 unspecified atom stereocenters. The fourth-order valence-corrected chi connectivity index (χ4v) is 7.50. The highest BCUT2D eigenvalue weighted by Gasteiger charge is 2.56. The summed E-state index contributed by atoms with van der Waals surface area (Å²) in [6.45, 7) is 4.38. The second kappa shape index (κ2) is 9.17. The Morgan fingerprint density at radius 3 is 2.00 bits per heavy atom. The van der Waals surface area contributed by atoms with Crippen molar-refractivity contribution in [3.8, 4) is 0 Å². The molecule has 1 rings (SSSR count). The molecule has 1 aromatic rings. The molecule has 22 heavy (non-hydrogen) atoms. The summed E-state index contributed by atoms with van der Waals surface area (Å²) in [4.78, 5) is 0. The standard InChI is InChI=1S/C14H24BO5P2/c1-5-19-21(15,20-6-2)14(22(16,17-3)18-4)12-13-10-8-7-9-11-13/h7-11,14H,5-6,12H2,1-4H3/q+1. The Morgan fingerprint density at radius 2 is 1.59 bits per heavy atom. The van der Waals surface area contributed by atoms with Crippen LogP contribution in [0.2, 0.25) is 0 Å². The summed E-state index contributed by atoms with van der Waals surface area (Å²) in [7, 11) is 2.71. The van der Waals surface area contributed by atoms with E-state index in [1.165, 1.54) is 14.2 Å². The van der Waals surface area contributed by atoms with E-state index in [0.29, 0.717) is 19.6 Å². The van der Waals surface area contributed by atoms with E-state index in [-0.39, 0.29) is 0 Å². The monoisotopic (exact) mass is 345 g/mol. The number of benzene rings is 1. The van der Waals surface area contributed by atoms with Crippen molar-refractivity contribution < 1.29 is 22.7 Å². The first-order valence-electron chi connectivity index (χ1n) is 7.17. The average molecular weight is 345 g/mol. The van der Waals surface area contributed by atoms with E-state index < -0.39 is 20.6 Å². The van der Waals surface area contributed by atoms with Gasteiger partial charge in [-0.25, -0.2) is 9.05 Å². The average Bonchev–Trinajstić information content (AvgIpc) is 2.53. The number of hydrogen-bond donors (Lipinski definition) is 0. The molecule has 1 atom stereocenters. The summed E-state index contributed by atoms with van der Waals surface area (Å²) >= 11 is 0. The zero-order valence-corrected chi connectivity index (χ0v) is 15.4. The summed E-state index contributed by atoms with van der Waals surface area (Å²) in [5.74, 6) is 0. The zero-order chi connectivity index (χ0) is 16.6. The lowest BCUT2D eigenvalue weighted by molar-refractivity contribution is 0.242. The molecule has 0 saturated heterocycles. The molecule has 0 fully saturated rings. The molecule has 0 aliphatic heterocycles. The molecule has 0 amide bonds. The van der Waals surface area contributed by atoms with Gasteiger partial charge in [-0.05, 0) is 19.4 Å². The van der Waals surface area contributed by atoms with Crippen LogP contribution in [0.4, 0.5) is 0 Å². The predicted octanol–water partition coefficient (Wildman–Crippen LogP) is 4.05. The second-order valence-electron chi connectivity index (χ2n) is 4.56. The van der Waals surface area contributed by atoms with Gasteiger partial charge in [-0.3, -0.25) is 4.57 Å². The third kappa shape index (κ3) is 4.89. The first-order valence-corrected chi connectivity index (χ1v) is 10.5. The van der Waals surface area contributed by atoms with Gasteiger partial charge in [0.05, 0.1) is 13.2 Å². The Morgan fingerprint density at radius 1 is 1.09 bits per heavy atom. The highest BCUT2D eigenvalue weighted by Crippen LogP contribution is 2.74. The highest BCUT2D eigenvalue weighted by atomic mass is 31.3. The smallest absolute Gasteiger partial charge is 0.309 e. The van der Waals surface area contributed by atoms with E-state index in [0.717, 1.165) is 5.56 Å². The minimum atomic E-state index is -3.46. The lowest BCUT2D eigenvalue weighted by Crippen LogP contribution is -2.23. The van der Waals surface area contributed by atoms with Crippen molar-refractivity contribution in [2.75, 3.05) is 27.4 Å². The van der Waals surface area contributed by atoms with Gasteiger partial charge in [0.1, 0.15) is 0 Å². The lowest BCUT2D eigenvalue weighted by atomic mass is 10.2. The van der Waals surface area contributed by atoms with Gasteiger partial charge in [-0.1, -0.05) is 30.3 Å². The van der Waals surface area contributed by atoms with Crippen molar-refractivity contribution in [3.63, 3.8) is 0 Å². The fraction of sp³-hybridized carbons (Fsp3) is 0.571. The quantitative estimate of drug-likeness (QED) is 0.473. The molecule has 0 saturated carbocycles. The molecule has 0 bridgehead atoms. The predicted molar refractivity (Wildman–Crippen MR) is 91.5 cm³/mol. The normalized spacial score (nSPS) is 14.0. The summed E-state index contributed by atoms with van der Waals surface area (Å²) in [6.07, 6.45) is 0.393. The van der Waals surface area contributed by atoms with Gasteiger partial charge < -0.3 is 9.05 Å². The highest BCUT2D eigenvalue weighted by molar-refractivity contribution is 7.96. The van der Waals surface area contributed by atoms with E-state index in [4.69, 9.17) is 25.7 Å². The second-order valence-corrected chi connectivity index (χ2v) is 9.83. The molecule has 8 heteroatoms. The Bertz CT molecular complexity index is 471. The maximum absolute atomic E-state index is 13.0. The molecule has 5 nitrogen and oxygen atoms in total. The van der Waals surface area contributed by atoms with Crippen LogP contribution in [0.3, 0.4) is 0 Å². The Labute approximate surface area is 135 Å². The van der Waals surface area contributed by atoms with Crippen molar-refractivity contribution >= 4 is 22.8 Å².